The smallest absolute Gasteiger partial charge is 0.251 e. The van der Waals surface area contributed by atoms with E-state index in [2.05, 4.69) is 22.9 Å². The molecule has 0 aliphatic rings. The molecule has 1 aromatic rings. The van der Waals surface area contributed by atoms with Gasteiger partial charge in [0, 0.05) is 24.3 Å². The molecule has 1 amide bonds. The van der Waals surface area contributed by atoms with Gasteiger partial charge < -0.3 is 16.0 Å². The molecule has 0 spiro atoms. The van der Waals surface area contributed by atoms with Crippen molar-refractivity contribution in [3.05, 3.63) is 29.8 Å². The maximum atomic E-state index is 11.9. The minimum Gasteiger partial charge on any atom is -0.363 e. The van der Waals surface area contributed by atoms with E-state index in [9.17, 15) is 4.79 Å². The number of unbranched alkanes of at least 4 members (excludes halogenated alkanes) is 1. The molecular weight excluding hydrogens is 258 g/mol. The Bertz CT molecular complexity index is 434. The second-order valence-electron chi connectivity index (χ2n) is 4.17. The highest BCUT2D eigenvalue weighted by molar-refractivity contribution is 7.80. The molecule has 0 bridgehead atoms. The number of carbonyl (C=O) groups excluding carboxylic acids is 1. The number of hydrogen-bond donors (Lipinski definition) is 3. The summed E-state index contributed by atoms with van der Waals surface area (Å²) in [6.45, 7) is 5.55. The molecule has 3 N–H and O–H groups in total. The fraction of sp³-hybridized carbons (Fsp3) is 0.429. The molecule has 5 heteroatoms. The largest absolute Gasteiger partial charge is 0.363 e. The van der Waals surface area contributed by atoms with Crippen LogP contribution in [0.25, 0.3) is 0 Å². The number of amides is 1. The monoisotopic (exact) mass is 279 g/mol. The zero-order valence-corrected chi connectivity index (χ0v) is 12.3. The summed E-state index contributed by atoms with van der Waals surface area (Å²) >= 11 is 5.11. The van der Waals surface area contributed by atoms with Crippen molar-refractivity contribution in [2.45, 2.75) is 26.7 Å². The molecule has 104 valence electrons. The van der Waals surface area contributed by atoms with Crippen LogP contribution in [0.3, 0.4) is 0 Å². The Morgan fingerprint density at radius 3 is 2.74 bits per heavy atom. The van der Waals surface area contributed by atoms with Crippen molar-refractivity contribution in [3.63, 3.8) is 0 Å². The summed E-state index contributed by atoms with van der Waals surface area (Å²) in [6, 6.07) is 7.31. The van der Waals surface area contributed by atoms with Crippen LogP contribution in [-0.4, -0.2) is 24.1 Å². The van der Waals surface area contributed by atoms with Gasteiger partial charge in [-0.1, -0.05) is 19.4 Å². The summed E-state index contributed by atoms with van der Waals surface area (Å²) in [5, 5.41) is 9.50. The molecule has 0 saturated carbocycles. The van der Waals surface area contributed by atoms with Crippen LogP contribution >= 0.6 is 12.2 Å². The van der Waals surface area contributed by atoms with Gasteiger partial charge >= 0.3 is 0 Å². The Labute approximate surface area is 120 Å². The predicted molar refractivity (Wildman–Crippen MR) is 83.6 cm³/mol. The average molecular weight is 279 g/mol. The Morgan fingerprint density at radius 2 is 2.05 bits per heavy atom. The third-order valence-corrected chi connectivity index (χ3v) is 2.78. The summed E-state index contributed by atoms with van der Waals surface area (Å²) in [6.07, 6.45) is 2.06. The Morgan fingerprint density at radius 1 is 1.26 bits per heavy atom. The fourth-order valence-electron chi connectivity index (χ4n) is 1.55. The van der Waals surface area contributed by atoms with Gasteiger partial charge in [0.1, 0.15) is 0 Å². The predicted octanol–water partition coefficient (Wildman–Crippen LogP) is 2.52. The van der Waals surface area contributed by atoms with Gasteiger partial charge in [0.2, 0.25) is 0 Å². The molecule has 0 aromatic heterocycles. The molecule has 0 aliphatic heterocycles. The van der Waals surface area contributed by atoms with Gasteiger partial charge in [-0.2, -0.15) is 0 Å². The molecule has 0 aliphatic carbocycles. The highest BCUT2D eigenvalue weighted by Gasteiger charge is 2.05. The highest BCUT2D eigenvalue weighted by Crippen LogP contribution is 2.10. The standard InChI is InChI=1S/C14H21N3OS/c1-3-5-9-16-13(18)11-7-6-8-12(10-11)17-14(19)15-4-2/h6-8,10H,3-5,9H2,1-2H3,(H,16,18)(H2,15,17,19). The second kappa shape index (κ2) is 8.48. The third kappa shape index (κ3) is 5.70. The summed E-state index contributed by atoms with van der Waals surface area (Å²) < 4.78 is 0. The van der Waals surface area contributed by atoms with E-state index >= 15 is 0 Å². The third-order valence-electron chi connectivity index (χ3n) is 2.54. The van der Waals surface area contributed by atoms with Crippen molar-refractivity contribution in [1.82, 2.24) is 10.6 Å². The van der Waals surface area contributed by atoms with E-state index in [1.807, 2.05) is 19.1 Å². The summed E-state index contributed by atoms with van der Waals surface area (Å²) in [5.41, 5.74) is 1.45. The van der Waals surface area contributed by atoms with Gasteiger partial charge in [-0.3, -0.25) is 4.79 Å². The Hall–Kier alpha value is -1.62. The first-order valence-electron chi connectivity index (χ1n) is 6.60. The van der Waals surface area contributed by atoms with E-state index in [1.165, 1.54) is 0 Å². The van der Waals surface area contributed by atoms with Crippen LogP contribution < -0.4 is 16.0 Å². The molecule has 1 aromatic carbocycles. The molecule has 4 nitrogen and oxygen atoms in total. The Balaban J connectivity index is 2.60. The maximum absolute atomic E-state index is 11.9. The van der Waals surface area contributed by atoms with E-state index in [-0.39, 0.29) is 5.91 Å². The lowest BCUT2D eigenvalue weighted by molar-refractivity contribution is 0.0953. The van der Waals surface area contributed by atoms with Gasteiger partial charge in [0.15, 0.2) is 5.11 Å². The van der Waals surface area contributed by atoms with Gasteiger partial charge in [-0.05, 0) is 43.8 Å². The van der Waals surface area contributed by atoms with Crippen LogP contribution in [0.5, 0.6) is 0 Å². The van der Waals surface area contributed by atoms with Crippen molar-refractivity contribution in [2.75, 3.05) is 18.4 Å². The van der Waals surface area contributed by atoms with Gasteiger partial charge in [-0.15, -0.1) is 0 Å². The van der Waals surface area contributed by atoms with Crippen LogP contribution in [0.15, 0.2) is 24.3 Å². The fourth-order valence-corrected chi connectivity index (χ4v) is 1.82. The van der Waals surface area contributed by atoms with E-state index in [1.54, 1.807) is 12.1 Å². The van der Waals surface area contributed by atoms with Crippen LogP contribution in [0.1, 0.15) is 37.0 Å². The van der Waals surface area contributed by atoms with Gasteiger partial charge in [0.25, 0.3) is 5.91 Å². The molecule has 0 saturated heterocycles. The minimum atomic E-state index is -0.0496. The lowest BCUT2D eigenvalue weighted by Crippen LogP contribution is -2.28. The molecule has 1 rings (SSSR count). The lowest BCUT2D eigenvalue weighted by Gasteiger charge is -2.10. The van der Waals surface area contributed by atoms with Crippen LogP contribution in [0.4, 0.5) is 5.69 Å². The number of carbonyl (C=O) groups is 1. The maximum Gasteiger partial charge on any atom is 0.251 e. The number of anilines is 1. The number of hydrogen-bond acceptors (Lipinski definition) is 2. The first-order valence-corrected chi connectivity index (χ1v) is 7.01. The van der Waals surface area contributed by atoms with Crippen molar-refractivity contribution < 1.29 is 4.79 Å². The molecule has 0 fully saturated rings. The van der Waals surface area contributed by atoms with E-state index in [0.717, 1.165) is 25.1 Å². The van der Waals surface area contributed by atoms with E-state index in [0.29, 0.717) is 17.2 Å². The molecule has 0 atom stereocenters. The number of benzene rings is 1. The first kappa shape index (κ1) is 15.4. The van der Waals surface area contributed by atoms with Crippen molar-refractivity contribution in [1.29, 1.82) is 0 Å². The lowest BCUT2D eigenvalue weighted by atomic mass is 10.2. The summed E-state index contributed by atoms with van der Waals surface area (Å²) in [4.78, 5) is 11.9. The minimum absolute atomic E-state index is 0.0496. The number of thiocarbonyl (C=S) groups is 1. The highest BCUT2D eigenvalue weighted by atomic mass is 32.1. The Kier molecular flexibility index (Phi) is 6.89. The van der Waals surface area contributed by atoms with E-state index in [4.69, 9.17) is 12.2 Å². The van der Waals surface area contributed by atoms with Gasteiger partial charge in [0.05, 0.1) is 0 Å². The zero-order valence-electron chi connectivity index (χ0n) is 11.5. The van der Waals surface area contributed by atoms with Crippen LogP contribution in [0.2, 0.25) is 0 Å². The molecule has 0 heterocycles. The molecule has 0 unspecified atom stereocenters. The zero-order chi connectivity index (χ0) is 14.1. The molecular formula is C14H21N3OS. The van der Waals surface area contributed by atoms with Crippen molar-refractivity contribution in [3.8, 4) is 0 Å². The van der Waals surface area contributed by atoms with Gasteiger partial charge in [-0.25, -0.2) is 0 Å². The topological polar surface area (TPSA) is 53.2 Å². The first-order chi connectivity index (χ1) is 9.17. The second-order valence-corrected chi connectivity index (χ2v) is 4.58. The molecule has 0 radical (unpaired) electrons. The summed E-state index contributed by atoms with van der Waals surface area (Å²) in [7, 11) is 0. The average Bonchev–Trinajstić information content (AvgIpc) is 2.39. The van der Waals surface area contributed by atoms with Crippen LogP contribution in [-0.2, 0) is 0 Å². The number of rotatable bonds is 6. The van der Waals surface area contributed by atoms with Crippen molar-refractivity contribution in [2.24, 2.45) is 0 Å². The van der Waals surface area contributed by atoms with Crippen molar-refractivity contribution >= 4 is 28.9 Å². The number of nitrogens with one attached hydrogen (secondary N) is 3. The van der Waals surface area contributed by atoms with Crippen LogP contribution in [0, 0.1) is 0 Å². The quantitative estimate of drug-likeness (QED) is 0.553. The SMILES string of the molecule is CCCCNC(=O)c1cccc(NC(=S)NCC)c1. The normalized spacial score (nSPS) is 9.79. The van der Waals surface area contributed by atoms with E-state index < -0.39 is 0 Å². The summed E-state index contributed by atoms with van der Waals surface area (Å²) in [5.74, 6) is -0.0496. The molecule has 19 heavy (non-hydrogen) atoms.